The third-order valence-corrected chi connectivity index (χ3v) is 4.32. The van der Waals surface area contributed by atoms with Crippen LogP contribution in [0.25, 0.3) is 0 Å². The Labute approximate surface area is 127 Å². The van der Waals surface area contributed by atoms with Gasteiger partial charge in [0.25, 0.3) is 0 Å². The zero-order chi connectivity index (χ0) is 14.5. The lowest BCUT2D eigenvalue weighted by Crippen LogP contribution is -2.19. The van der Waals surface area contributed by atoms with Crippen molar-refractivity contribution in [2.45, 2.75) is 32.4 Å². The van der Waals surface area contributed by atoms with Crippen molar-refractivity contribution in [3.63, 3.8) is 0 Å². The minimum Gasteiger partial charge on any atom is -0.372 e. The molecule has 0 bridgehead atoms. The second kappa shape index (κ2) is 6.77. The van der Waals surface area contributed by atoms with Gasteiger partial charge < -0.3 is 10.2 Å². The van der Waals surface area contributed by atoms with E-state index in [1.54, 1.807) is 0 Å². The van der Waals surface area contributed by atoms with Gasteiger partial charge in [0.2, 0.25) is 0 Å². The molecule has 0 radical (unpaired) electrons. The minimum absolute atomic E-state index is 0.379. The first kappa shape index (κ1) is 14.2. The van der Waals surface area contributed by atoms with E-state index in [4.69, 9.17) is 0 Å². The first-order valence-corrected chi connectivity index (χ1v) is 7.95. The van der Waals surface area contributed by atoms with Crippen molar-refractivity contribution in [3.8, 4) is 0 Å². The van der Waals surface area contributed by atoms with Crippen molar-refractivity contribution in [1.29, 1.82) is 0 Å². The van der Waals surface area contributed by atoms with E-state index in [2.05, 4.69) is 71.7 Å². The van der Waals surface area contributed by atoms with Crippen molar-refractivity contribution in [3.05, 3.63) is 65.7 Å². The van der Waals surface area contributed by atoms with Gasteiger partial charge in [-0.15, -0.1) is 0 Å². The highest BCUT2D eigenvalue weighted by atomic mass is 15.1. The van der Waals surface area contributed by atoms with E-state index >= 15 is 0 Å². The Hall–Kier alpha value is -1.80. The summed E-state index contributed by atoms with van der Waals surface area (Å²) >= 11 is 0. The summed E-state index contributed by atoms with van der Waals surface area (Å²) < 4.78 is 0. The predicted octanol–water partition coefficient (Wildman–Crippen LogP) is 4.14. The average molecular weight is 280 g/mol. The molecule has 21 heavy (non-hydrogen) atoms. The van der Waals surface area contributed by atoms with Crippen LogP contribution in [0.4, 0.5) is 5.69 Å². The highest BCUT2D eigenvalue weighted by Crippen LogP contribution is 2.20. The fraction of sp³-hybridized carbons (Fsp3) is 0.368. The van der Waals surface area contributed by atoms with Crippen LogP contribution in [0.15, 0.2) is 54.6 Å². The predicted molar refractivity (Wildman–Crippen MR) is 89.6 cm³/mol. The van der Waals surface area contributed by atoms with Gasteiger partial charge in [-0.25, -0.2) is 0 Å². The largest absolute Gasteiger partial charge is 0.372 e. The molecule has 0 aliphatic carbocycles. The molecule has 1 N–H and O–H groups in total. The van der Waals surface area contributed by atoms with Crippen LogP contribution in [0.2, 0.25) is 0 Å². The summed E-state index contributed by atoms with van der Waals surface area (Å²) in [6, 6.07) is 20.0. The maximum absolute atomic E-state index is 3.59. The molecule has 1 unspecified atom stereocenters. The number of anilines is 1. The summed E-state index contributed by atoms with van der Waals surface area (Å²) in [5.74, 6) is 0. The zero-order valence-corrected chi connectivity index (χ0v) is 12.8. The molecular weight excluding hydrogens is 256 g/mol. The highest BCUT2D eigenvalue weighted by Gasteiger charge is 2.11. The van der Waals surface area contributed by atoms with Crippen LogP contribution in [0.3, 0.4) is 0 Å². The molecule has 3 rings (SSSR count). The Morgan fingerprint density at radius 2 is 1.62 bits per heavy atom. The molecule has 0 amide bonds. The standard InChI is InChI=1S/C19H24N2/c1-16(18-7-3-2-4-8-18)20-15-17-9-11-19(12-10-17)21-13-5-6-14-21/h2-4,7-12,16,20H,5-6,13-15H2,1H3. The van der Waals surface area contributed by atoms with E-state index in [0.717, 1.165) is 6.54 Å². The molecule has 0 aromatic heterocycles. The highest BCUT2D eigenvalue weighted by molar-refractivity contribution is 5.48. The first-order valence-electron chi connectivity index (χ1n) is 7.95. The number of hydrogen-bond acceptors (Lipinski definition) is 2. The Bertz CT molecular complexity index is 542. The molecule has 1 aliphatic rings. The number of rotatable bonds is 5. The van der Waals surface area contributed by atoms with E-state index in [-0.39, 0.29) is 0 Å². The lowest BCUT2D eigenvalue weighted by atomic mass is 10.1. The Kier molecular flexibility index (Phi) is 4.56. The van der Waals surface area contributed by atoms with Crippen LogP contribution in [0, 0.1) is 0 Å². The van der Waals surface area contributed by atoms with Gasteiger partial charge in [-0.05, 0) is 43.0 Å². The number of nitrogens with zero attached hydrogens (tertiary/aromatic N) is 1. The SMILES string of the molecule is CC(NCc1ccc(N2CCCC2)cc1)c1ccccc1. The summed E-state index contributed by atoms with van der Waals surface area (Å²) in [6.45, 7) is 5.55. The molecule has 2 aromatic rings. The number of benzene rings is 2. The van der Waals surface area contributed by atoms with Gasteiger partial charge in [0.05, 0.1) is 0 Å². The minimum atomic E-state index is 0.379. The summed E-state index contributed by atoms with van der Waals surface area (Å²) in [6.07, 6.45) is 2.66. The van der Waals surface area contributed by atoms with Gasteiger partial charge in [0.1, 0.15) is 0 Å². The monoisotopic (exact) mass is 280 g/mol. The number of nitrogens with one attached hydrogen (secondary N) is 1. The third-order valence-electron chi connectivity index (χ3n) is 4.32. The maximum Gasteiger partial charge on any atom is 0.0366 e. The first-order chi connectivity index (χ1) is 10.3. The number of hydrogen-bond donors (Lipinski definition) is 1. The molecule has 1 fully saturated rings. The molecule has 1 saturated heterocycles. The summed E-state index contributed by atoms with van der Waals surface area (Å²) in [4.78, 5) is 2.48. The maximum atomic E-state index is 3.59. The normalized spacial score (nSPS) is 16.1. The van der Waals surface area contributed by atoms with Crippen molar-refractivity contribution in [2.24, 2.45) is 0 Å². The Balaban J connectivity index is 1.55. The average Bonchev–Trinajstić information content (AvgIpc) is 3.08. The smallest absolute Gasteiger partial charge is 0.0366 e. The van der Waals surface area contributed by atoms with Crippen LogP contribution in [0.1, 0.15) is 36.9 Å². The van der Waals surface area contributed by atoms with Crippen LogP contribution < -0.4 is 10.2 Å². The van der Waals surface area contributed by atoms with E-state index in [1.807, 2.05) is 0 Å². The van der Waals surface area contributed by atoms with Gasteiger partial charge in [-0.1, -0.05) is 42.5 Å². The third kappa shape index (κ3) is 3.64. The quantitative estimate of drug-likeness (QED) is 0.885. The Morgan fingerprint density at radius 3 is 2.29 bits per heavy atom. The molecule has 1 aliphatic heterocycles. The lowest BCUT2D eigenvalue weighted by Gasteiger charge is -2.18. The molecule has 1 atom stereocenters. The topological polar surface area (TPSA) is 15.3 Å². The molecule has 2 heteroatoms. The van der Waals surface area contributed by atoms with E-state index in [1.165, 1.54) is 42.7 Å². The van der Waals surface area contributed by atoms with Gasteiger partial charge in [0, 0.05) is 31.4 Å². The van der Waals surface area contributed by atoms with Crippen molar-refractivity contribution >= 4 is 5.69 Å². The molecule has 0 spiro atoms. The fourth-order valence-corrected chi connectivity index (χ4v) is 2.93. The van der Waals surface area contributed by atoms with E-state index < -0.39 is 0 Å². The second-order valence-electron chi connectivity index (χ2n) is 5.87. The van der Waals surface area contributed by atoms with Crippen LogP contribution in [-0.4, -0.2) is 13.1 Å². The zero-order valence-electron chi connectivity index (χ0n) is 12.8. The fourth-order valence-electron chi connectivity index (χ4n) is 2.93. The molecule has 110 valence electrons. The van der Waals surface area contributed by atoms with Gasteiger partial charge in [-0.2, -0.15) is 0 Å². The van der Waals surface area contributed by atoms with Crippen LogP contribution >= 0.6 is 0 Å². The molecule has 2 nitrogen and oxygen atoms in total. The van der Waals surface area contributed by atoms with Gasteiger partial charge in [-0.3, -0.25) is 0 Å². The van der Waals surface area contributed by atoms with E-state index in [0.29, 0.717) is 6.04 Å². The molecule has 0 saturated carbocycles. The van der Waals surface area contributed by atoms with Crippen LogP contribution in [-0.2, 0) is 6.54 Å². The second-order valence-corrected chi connectivity index (χ2v) is 5.87. The lowest BCUT2D eigenvalue weighted by molar-refractivity contribution is 0.575. The molecule has 1 heterocycles. The Morgan fingerprint density at radius 1 is 0.952 bits per heavy atom. The van der Waals surface area contributed by atoms with Crippen molar-refractivity contribution < 1.29 is 0 Å². The summed E-state index contributed by atoms with van der Waals surface area (Å²) in [5.41, 5.74) is 4.05. The molecular formula is C19H24N2. The van der Waals surface area contributed by atoms with Crippen molar-refractivity contribution in [1.82, 2.24) is 5.32 Å². The van der Waals surface area contributed by atoms with Gasteiger partial charge in [0.15, 0.2) is 0 Å². The summed E-state index contributed by atoms with van der Waals surface area (Å²) in [5, 5.41) is 3.59. The van der Waals surface area contributed by atoms with E-state index in [9.17, 15) is 0 Å². The molecule has 2 aromatic carbocycles. The van der Waals surface area contributed by atoms with Gasteiger partial charge >= 0.3 is 0 Å². The van der Waals surface area contributed by atoms with Crippen molar-refractivity contribution in [2.75, 3.05) is 18.0 Å². The van der Waals surface area contributed by atoms with Crippen LogP contribution in [0.5, 0.6) is 0 Å². The summed E-state index contributed by atoms with van der Waals surface area (Å²) in [7, 11) is 0.